The molecule has 6 heteroatoms. The molecule has 0 aliphatic carbocycles. The molecule has 0 saturated carbocycles. The van der Waals surface area contributed by atoms with Gasteiger partial charge in [0.25, 0.3) is 0 Å². The Bertz CT molecular complexity index is 1200. The highest BCUT2D eigenvalue weighted by atomic mass is 35.5. The van der Waals surface area contributed by atoms with Gasteiger partial charge in [-0.3, -0.25) is 4.79 Å². The van der Waals surface area contributed by atoms with Gasteiger partial charge in [0.05, 0.1) is 0 Å². The first-order valence-electron chi connectivity index (χ1n) is 10.0. The molecule has 4 rings (SSSR count). The van der Waals surface area contributed by atoms with E-state index in [0.717, 1.165) is 27.6 Å². The predicted octanol–water partition coefficient (Wildman–Crippen LogP) is 7.01. The fourth-order valence-electron chi connectivity index (χ4n) is 3.80. The maximum Gasteiger partial charge on any atom is 0.220 e. The highest BCUT2D eigenvalue weighted by Gasteiger charge is 2.21. The van der Waals surface area contributed by atoms with Crippen LogP contribution in [0.15, 0.2) is 72.9 Å². The predicted molar refractivity (Wildman–Crippen MR) is 129 cm³/mol. The zero-order chi connectivity index (χ0) is 21.8. The Hall–Kier alpha value is -2.46. The van der Waals surface area contributed by atoms with Crippen LogP contribution in [0.5, 0.6) is 0 Å². The summed E-state index contributed by atoms with van der Waals surface area (Å²) < 4.78 is 0. The molecule has 4 aromatic rings. The highest BCUT2D eigenvalue weighted by Crippen LogP contribution is 2.34. The average Bonchev–Trinajstić information content (AvgIpc) is 3.18. The molecule has 0 aliphatic heterocycles. The molecule has 0 aliphatic rings. The lowest BCUT2D eigenvalue weighted by molar-refractivity contribution is -0.121. The van der Waals surface area contributed by atoms with E-state index in [1.165, 1.54) is 0 Å². The van der Waals surface area contributed by atoms with Gasteiger partial charge in [-0.2, -0.15) is 0 Å². The molecule has 1 amide bonds. The number of amides is 1. The standard InChI is InChI=1S/C25H21Cl3N2O/c26-18-8-5-16(6-9-18)21(22-15-30-24-4-2-1-3-20(22)24)14-25(31)29-12-11-17-7-10-19(27)13-23(17)28/h1-10,13,15,21,30H,11-12,14H2,(H,29,31)/t21-/m1/s1. The van der Waals surface area contributed by atoms with Crippen LogP contribution in [0, 0.1) is 0 Å². The number of fused-ring (bicyclic) bond motifs is 1. The first kappa shape index (κ1) is 21.8. The van der Waals surface area contributed by atoms with Crippen LogP contribution >= 0.6 is 34.8 Å². The smallest absolute Gasteiger partial charge is 0.220 e. The third-order valence-corrected chi connectivity index (χ3v) is 6.23. The summed E-state index contributed by atoms with van der Waals surface area (Å²) in [7, 11) is 0. The Morgan fingerprint density at radius 1 is 0.935 bits per heavy atom. The minimum atomic E-state index is -0.0902. The third-order valence-electron chi connectivity index (χ3n) is 5.39. The molecule has 31 heavy (non-hydrogen) atoms. The second-order valence-corrected chi connectivity index (χ2v) is 8.71. The van der Waals surface area contributed by atoms with Gasteiger partial charge in [-0.25, -0.2) is 0 Å². The summed E-state index contributed by atoms with van der Waals surface area (Å²) in [6, 6.07) is 21.2. The molecular formula is C25H21Cl3N2O. The van der Waals surface area contributed by atoms with Gasteiger partial charge in [0.2, 0.25) is 5.91 Å². The Labute approximate surface area is 196 Å². The molecule has 0 radical (unpaired) electrons. The summed E-state index contributed by atoms with van der Waals surface area (Å²) in [5.74, 6) is -0.108. The van der Waals surface area contributed by atoms with Gasteiger partial charge in [-0.05, 0) is 53.4 Å². The van der Waals surface area contributed by atoms with Crippen LogP contribution in [0.1, 0.15) is 29.0 Å². The Kier molecular flexibility index (Phi) is 6.86. The molecule has 1 heterocycles. The van der Waals surface area contributed by atoms with Crippen LogP contribution < -0.4 is 5.32 Å². The van der Waals surface area contributed by atoms with Crippen molar-refractivity contribution in [3.05, 3.63) is 105 Å². The fourth-order valence-corrected chi connectivity index (χ4v) is 4.43. The zero-order valence-electron chi connectivity index (χ0n) is 16.7. The molecule has 2 N–H and O–H groups in total. The number of aromatic amines is 1. The SMILES string of the molecule is O=C(C[C@H](c1ccc(Cl)cc1)c1c[nH]c2ccccc12)NCCc1ccc(Cl)cc1Cl. The van der Waals surface area contributed by atoms with E-state index < -0.39 is 0 Å². The summed E-state index contributed by atoms with van der Waals surface area (Å²) in [6.45, 7) is 0.501. The number of hydrogen-bond acceptors (Lipinski definition) is 1. The molecule has 1 aromatic heterocycles. The van der Waals surface area contributed by atoms with E-state index >= 15 is 0 Å². The monoisotopic (exact) mass is 470 g/mol. The van der Waals surface area contributed by atoms with Crippen LogP contribution in [0.4, 0.5) is 0 Å². The van der Waals surface area contributed by atoms with E-state index in [1.807, 2.05) is 54.7 Å². The summed E-state index contributed by atoms with van der Waals surface area (Å²) in [5, 5.41) is 6.02. The normalized spacial score (nSPS) is 12.1. The number of rotatable bonds is 7. The van der Waals surface area contributed by atoms with Crippen molar-refractivity contribution in [2.75, 3.05) is 6.54 Å². The maximum atomic E-state index is 12.9. The van der Waals surface area contributed by atoms with Crippen LogP contribution in [0.3, 0.4) is 0 Å². The van der Waals surface area contributed by atoms with Crippen molar-refractivity contribution < 1.29 is 4.79 Å². The Morgan fingerprint density at radius 3 is 2.45 bits per heavy atom. The molecular weight excluding hydrogens is 451 g/mol. The molecule has 0 saturated heterocycles. The van der Waals surface area contributed by atoms with Gasteiger partial charge >= 0.3 is 0 Å². The molecule has 158 valence electrons. The van der Waals surface area contributed by atoms with Crippen molar-refractivity contribution in [3.8, 4) is 0 Å². The van der Waals surface area contributed by atoms with Crippen molar-refractivity contribution in [1.82, 2.24) is 10.3 Å². The highest BCUT2D eigenvalue weighted by molar-refractivity contribution is 6.35. The molecule has 0 unspecified atom stereocenters. The fraction of sp³-hybridized carbons (Fsp3) is 0.160. The third kappa shape index (κ3) is 5.24. The van der Waals surface area contributed by atoms with Crippen LogP contribution in [-0.4, -0.2) is 17.4 Å². The van der Waals surface area contributed by atoms with E-state index in [1.54, 1.807) is 12.1 Å². The topological polar surface area (TPSA) is 44.9 Å². The van der Waals surface area contributed by atoms with Crippen molar-refractivity contribution in [2.45, 2.75) is 18.8 Å². The average molecular weight is 472 g/mol. The van der Waals surface area contributed by atoms with E-state index in [4.69, 9.17) is 34.8 Å². The van der Waals surface area contributed by atoms with E-state index in [-0.39, 0.29) is 11.8 Å². The van der Waals surface area contributed by atoms with Gasteiger partial charge in [-0.1, -0.05) is 71.2 Å². The van der Waals surface area contributed by atoms with Gasteiger partial charge in [-0.15, -0.1) is 0 Å². The molecule has 0 spiro atoms. The second-order valence-electron chi connectivity index (χ2n) is 7.43. The number of aromatic nitrogens is 1. The van der Waals surface area contributed by atoms with Crippen LogP contribution in [-0.2, 0) is 11.2 Å². The molecule has 0 bridgehead atoms. The van der Waals surface area contributed by atoms with Crippen LogP contribution in [0.2, 0.25) is 15.1 Å². The Balaban J connectivity index is 1.50. The number of hydrogen-bond donors (Lipinski definition) is 2. The molecule has 1 atom stereocenters. The number of H-pyrrole nitrogens is 1. The lowest BCUT2D eigenvalue weighted by atomic mass is 9.88. The van der Waals surface area contributed by atoms with Gasteiger partial charge in [0.1, 0.15) is 0 Å². The van der Waals surface area contributed by atoms with Crippen molar-refractivity contribution in [2.24, 2.45) is 0 Å². The second kappa shape index (κ2) is 9.78. The van der Waals surface area contributed by atoms with Gasteiger partial charge in [0.15, 0.2) is 0 Å². The van der Waals surface area contributed by atoms with Gasteiger partial charge in [0, 0.05) is 51.1 Å². The Morgan fingerprint density at radius 2 is 1.68 bits per heavy atom. The summed E-state index contributed by atoms with van der Waals surface area (Å²) in [5.41, 5.74) is 4.14. The quantitative estimate of drug-likeness (QED) is 0.299. The van der Waals surface area contributed by atoms with Crippen molar-refractivity contribution in [3.63, 3.8) is 0 Å². The van der Waals surface area contributed by atoms with Crippen LogP contribution in [0.25, 0.3) is 10.9 Å². The zero-order valence-corrected chi connectivity index (χ0v) is 18.9. The molecule has 0 fully saturated rings. The summed E-state index contributed by atoms with van der Waals surface area (Å²) in [6.07, 6.45) is 2.96. The maximum absolute atomic E-state index is 12.9. The first-order chi connectivity index (χ1) is 15.0. The lowest BCUT2D eigenvalue weighted by Crippen LogP contribution is -2.27. The number of carbonyl (C=O) groups excluding carboxylic acids is 1. The van der Waals surface area contributed by atoms with E-state index in [2.05, 4.69) is 16.4 Å². The number of benzene rings is 3. The van der Waals surface area contributed by atoms with Crippen molar-refractivity contribution in [1.29, 1.82) is 0 Å². The largest absolute Gasteiger partial charge is 0.361 e. The summed E-state index contributed by atoms with van der Waals surface area (Å²) in [4.78, 5) is 16.2. The lowest BCUT2D eigenvalue weighted by Gasteiger charge is -2.17. The molecule has 3 aromatic carbocycles. The minimum absolute atomic E-state index is 0.0182. The summed E-state index contributed by atoms with van der Waals surface area (Å²) >= 11 is 18.3. The number of halogens is 3. The number of para-hydroxylation sites is 1. The molecule has 3 nitrogen and oxygen atoms in total. The first-order valence-corrected chi connectivity index (χ1v) is 11.2. The number of carbonyl (C=O) groups is 1. The van der Waals surface area contributed by atoms with E-state index in [0.29, 0.717) is 34.5 Å². The van der Waals surface area contributed by atoms with Gasteiger partial charge < -0.3 is 10.3 Å². The van der Waals surface area contributed by atoms with Crippen molar-refractivity contribution >= 4 is 51.6 Å². The number of nitrogens with one attached hydrogen (secondary N) is 2. The minimum Gasteiger partial charge on any atom is -0.361 e. The van der Waals surface area contributed by atoms with E-state index in [9.17, 15) is 4.79 Å².